The molecule has 27 heavy (non-hydrogen) atoms. The number of allylic oxidation sites excluding steroid dienone is 1. The van der Waals surface area contributed by atoms with E-state index in [0.29, 0.717) is 15.5 Å². The first-order valence-corrected chi connectivity index (χ1v) is 9.95. The van der Waals surface area contributed by atoms with E-state index in [-0.39, 0.29) is 5.78 Å². The Hall–Kier alpha value is -2.29. The Bertz CT molecular complexity index is 966. The van der Waals surface area contributed by atoms with Crippen molar-refractivity contribution in [2.45, 2.75) is 25.7 Å². The smallest absolute Gasteiger partial charge is 0.199 e. The number of carbonyl (C=O) groups is 1. The molecule has 0 saturated heterocycles. The van der Waals surface area contributed by atoms with Gasteiger partial charge in [-0.3, -0.25) is 4.79 Å². The maximum Gasteiger partial charge on any atom is 0.199 e. The first-order chi connectivity index (χ1) is 12.9. The molecule has 0 unspecified atom stereocenters. The topological polar surface area (TPSA) is 17.1 Å². The maximum atomic E-state index is 13.2. The SMILES string of the molecule is Cc1ccc(S/C(=C/c2cc(C)cc(C)c2)C(=O)c2ccc(Cl)cc2)cc1. The van der Waals surface area contributed by atoms with Crippen molar-refractivity contribution in [1.29, 1.82) is 0 Å². The summed E-state index contributed by atoms with van der Waals surface area (Å²) in [4.78, 5) is 14.9. The van der Waals surface area contributed by atoms with E-state index in [9.17, 15) is 4.79 Å². The molecule has 0 N–H and O–H groups in total. The van der Waals surface area contributed by atoms with Crippen LogP contribution in [0.4, 0.5) is 0 Å². The number of halogens is 1. The number of ketones is 1. The van der Waals surface area contributed by atoms with Crippen molar-refractivity contribution in [3.8, 4) is 0 Å². The summed E-state index contributed by atoms with van der Waals surface area (Å²) in [6.45, 7) is 6.19. The van der Waals surface area contributed by atoms with Gasteiger partial charge in [-0.1, -0.05) is 70.4 Å². The van der Waals surface area contributed by atoms with Crippen molar-refractivity contribution < 1.29 is 4.79 Å². The number of carbonyl (C=O) groups excluding carboxylic acids is 1. The molecular weight excluding hydrogens is 372 g/mol. The van der Waals surface area contributed by atoms with Crippen molar-refractivity contribution in [2.24, 2.45) is 0 Å². The first-order valence-electron chi connectivity index (χ1n) is 8.75. The Balaban J connectivity index is 2.01. The van der Waals surface area contributed by atoms with Gasteiger partial charge < -0.3 is 0 Å². The summed E-state index contributed by atoms with van der Waals surface area (Å²) in [7, 11) is 0. The minimum absolute atomic E-state index is 0.00333. The molecule has 3 rings (SSSR count). The molecular formula is C24H21ClOS. The van der Waals surface area contributed by atoms with Gasteiger partial charge in [-0.05, 0) is 68.8 Å². The normalized spacial score (nSPS) is 11.5. The Morgan fingerprint density at radius 2 is 1.41 bits per heavy atom. The fourth-order valence-electron chi connectivity index (χ4n) is 2.86. The highest BCUT2D eigenvalue weighted by atomic mass is 35.5. The number of aryl methyl sites for hydroxylation is 3. The van der Waals surface area contributed by atoms with Gasteiger partial charge in [0.05, 0.1) is 4.91 Å². The Kier molecular flexibility index (Phi) is 6.20. The molecule has 0 atom stereocenters. The largest absolute Gasteiger partial charge is 0.288 e. The zero-order chi connectivity index (χ0) is 19.4. The molecule has 0 aliphatic carbocycles. The van der Waals surface area contributed by atoms with Crippen LogP contribution in [-0.4, -0.2) is 5.78 Å². The molecule has 0 saturated carbocycles. The van der Waals surface area contributed by atoms with Gasteiger partial charge in [-0.25, -0.2) is 0 Å². The molecule has 3 aromatic carbocycles. The third-order valence-electron chi connectivity index (χ3n) is 4.12. The van der Waals surface area contributed by atoms with Crippen molar-refractivity contribution in [3.05, 3.63) is 104 Å². The summed E-state index contributed by atoms with van der Waals surface area (Å²) in [5.41, 5.74) is 5.22. The third-order valence-corrected chi connectivity index (χ3v) is 5.40. The number of thioether (sulfide) groups is 1. The van der Waals surface area contributed by atoms with Gasteiger partial charge in [0.2, 0.25) is 0 Å². The summed E-state index contributed by atoms with van der Waals surface area (Å²) in [5.74, 6) is -0.00333. The lowest BCUT2D eigenvalue weighted by Crippen LogP contribution is -2.01. The van der Waals surface area contributed by atoms with Gasteiger partial charge in [-0.15, -0.1) is 0 Å². The van der Waals surface area contributed by atoms with Crippen LogP contribution in [0.15, 0.2) is 76.5 Å². The second-order valence-electron chi connectivity index (χ2n) is 6.68. The predicted octanol–water partition coefficient (Wildman–Crippen LogP) is 7.28. The average molecular weight is 393 g/mol. The molecule has 3 heteroatoms. The van der Waals surface area contributed by atoms with Crippen LogP contribution in [0.3, 0.4) is 0 Å². The third kappa shape index (κ3) is 5.35. The van der Waals surface area contributed by atoms with Crippen LogP contribution < -0.4 is 0 Å². The molecule has 0 radical (unpaired) electrons. The van der Waals surface area contributed by atoms with E-state index in [0.717, 1.165) is 10.5 Å². The molecule has 0 spiro atoms. The predicted molar refractivity (Wildman–Crippen MR) is 117 cm³/mol. The van der Waals surface area contributed by atoms with Crippen molar-refractivity contribution in [3.63, 3.8) is 0 Å². The summed E-state index contributed by atoms with van der Waals surface area (Å²) >= 11 is 7.46. The van der Waals surface area contributed by atoms with Crippen LogP contribution in [-0.2, 0) is 0 Å². The fourth-order valence-corrected chi connectivity index (χ4v) is 3.92. The van der Waals surface area contributed by atoms with E-state index in [2.05, 4.69) is 51.1 Å². The minimum atomic E-state index is -0.00333. The van der Waals surface area contributed by atoms with Gasteiger partial charge in [-0.2, -0.15) is 0 Å². The van der Waals surface area contributed by atoms with Crippen LogP contribution in [0.2, 0.25) is 5.02 Å². The van der Waals surface area contributed by atoms with Crippen LogP contribution in [0.25, 0.3) is 6.08 Å². The number of rotatable bonds is 5. The van der Waals surface area contributed by atoms with Crippen molar-refractivity contribution >= 4 is 35.2 Å². The van der Waals surface area contributed by atoms with Crippen LogP contribution >= 0.6 is 23.4 Å². The number of Topliss-reactive ketones (excluding diaryl/α,β-unsaturated/α-hetero) is 1. The molecule has 0 bridgehead atoms. The summed E-state index contributed by atoms with van der Waals surface area (Å²) < 4.78 is 0. The van der Waals surface area contributed by atoms with Crippen LogP contribution in [0.1, 0.15) is 32.6 Å². The van der Waals surface area contributed by atoms with E-state index in [1.807, 2.05) is 18.2 Å². The lowest BCUT2D eigenvalue weighted by Gasteiger charge is -2.09. The monoisotopic (exact) mass is 392 g/mol. The van der Waals surface area contributed by atoms with Gasteiger partial charge in [0, 0.05) is 15.5 Å². The molecule has 0 fully saturated rings. The fraction of sp³-hybridized carbons (Fsp3) is 0.125. The Labute approximate surface area is 170 Å². The summed E-state index contributed by atoms with van der Waals surface area (Å²) in [6.07, 6.45) is 1.97. The second-order valence-corrected chi connectivity index (χ2v) is 8.23. The van der Waals surface area contributed by atoms with Crippen LogP contribution in [0, 0.1) is 20.8 Å². The quantitative estimate of drug-likeness (QED) is 0.258. The van der Waals surface area contributed by atoms with Gasteiger partial charge >= 0.3 is 0 Å². The Morgan fingerprint density at radius 1 is 0.815 bits per heavy atom. The molecule has 0 aliphatic rings. The zero-order valence-electron chi connectivity index (χ0n) is 15.6. The van der Waals surface area contributed by atoms with Crippen LogP contribution in [0.5, 0.6) is 0 Å². The highest BCUT2D eigenvalue weighted by molar-refractivity contribution is 8.04. The first kappa shape index (κ1) is 19.5. The average Bonchev–Trinajstić information content (AvgIpc) is 2.62. The van der Waals surface area contributed by atoms with E-state index < -0.39 is 0 Å². The van der Waals surface area contributed by atoms with Crippen molar-refractivity contribution in [2.75, 3.05) is 0 Å². The molecule has 0 aromatic heterocycles. The highest BCUT2D eigenvalue weighted by Crippen LogP contribution is 2.32. The molecule has 1 nitrogen and oxygen atoms in total. The van der Waals surface area contributed by atoms with Crippen molar-refractivity contribution in [1.82, 2.24) is 0 Å². The lowest BCUT2D eigenvalue weighted by atomic mass is 10.1. The van der Waals surface area contributed by atoms with E-state index >= 15 is 0 Å². The van der Waals surface area contributed by atoms with E-state index in [4.69, 9.17) is 11.6 Å². The molecule has 136 valence electrons. The Morgan fingerprint density at radius 3 is 2.00 bits per heavy atom. The molecule has 3 aromatic rings. The maximum absolute atomic E-state index is 13.2. The highest BCUT2D eigenvalue weighted by Gasteiger charge is 2.14. The van der Waals surface area contributed by atoms with Gasteiger partial charge in [0.25, 0.3) is 0 Å². The van der Waals surface area contributed by atoms with Gasteiger partial charge in [0.1, 0.15) is 0 Å². The second kappa shape index (κ2) is 8.60. The van der Waals surface area contributed by atoms with Gasteiger partial charge in [0.15, 0.2) is 5.78 Å². The number of hydrogen-bond acceptors (Lipinski definition) is 2. The minimum Gasteiger partial charge on any atom is -0.288 e. The number of hydrogen-bond donors (Lipinski definition) is 0. The summed E-state index contributed by atoms with van der Waals surface area (Å²) in [6, 6.07) is 21.6. The number of benzene rings is 3. The standard InChI is InChI=1S/C24H21ClOS/c1-16-4-10-22(11-5-16)27-23(15-19-13-17(2)12-18(3)14-19)24(26)20-6-8-21(25)9-7-20/h4-15H,1-3H3/b23-15+. The molecule has 0 aliphatic heterocycles. The zero-order valence-corrected chi connectivity index (χ0v) is 17.2. The van der Waals surface area contributed by atoms with E-state index in [1.165, 1.54) is 28.5 Å². The molecule has 0 heterocycles. The summed E-state index contributed by atoms with van der Waals surface area (Å²) in [5, 5.41) is 0.623. The molecule has 0 amide bonds. The lowest BCUT2D eigenvalue weighted by molar-refractivity contribution is 0.104. The van der Waals surface area contributed by atoms with E-state index in [1.54, 1.807) is 24.3 Å².